The standard InChI is InChI=1S/C14H22BrN3/c15-13-4-3-5-14(12-13)17-6-1-2-9-18-10-7-16-8-11-18/h3-5,12,16-17H,1-2,6-11H2. The lowest BCUT2D eigenvalue weighted by Gasteiger charge is -2.27. The van der Waals surface area contributed by atoms with Crippen LogP contribution in [0.1, 0.15) is 12.8 Å². The fraction of sp³-hybridized carbons (Fsp3) is 0.571. The number of hydrogen-bond donors (Lipinski definition) is 2. The number of halogens is 1. The molecule has 0 saturated carbocycles. The predicted octanol–water partition coefficient (Wildman–Crippen LogP) is 2.55. The van der Waals surface area contributed by atoms with Crippen LogP contribution in [0.4, 0.5) is 5.69 Å². The van der Waals surface area contributed by atoms with Crippen LogP contribution in [-0.2, 0) is 0 Å². The summed E-state index contributed by atoms with van der Waals surface area (Å²) in [7, 11) is 0. The molecule has 0 amide bonds. The van der Waals surface area contributed by atoms with Gasteiger partial charge in [-0.2, -0.15) is 0 Å². The monoisotopic (exact) mass is 311 g/mol. The van der Waals surface area contributed by atoms with Gasteiger partial charge in [-0.05, 0) is 37.6 Å². The first-order valence-electron chi connectivity index (χ1n) is 6.77. The van der Waals surface area contributed by atoms with Crippen LogP contribution in [-0.4, -0.2) is 44.2 Å². The molecule has 0 spiro atoms. The lowest BCUT2D eigenvalue weighted by molar-refractivity contribution is 0.237. The third-order valence-electron chi connectivity index (χ3n) is 3.26. The second-order valence-electron chi connectivity index (χ2n) is 4.74. The minimum absolute atomic E-state index is 1.06. The molecule has 4 heteroatoms. The summed E-state index contributed by atoms with van der Waals surface area (Å²) in [5.41, 5.74) is 1.20. The average molecular weight is 312 g/mol. The molecule has 1 heterocycles. The number of nitrogens with zero attached hydrogens (tertiary/aromatic N) is 1. The van der Waals surface area contributed by atoms with Gasteiger partial charge in [0.2, 0.25) is 0 Å². The molecular formula is C14H22BrN3. The first-order valence-corrected chi connectivity index (χ1v) is 7.56. The Bertz CT molecular complexity index is 351. The smallest absolute Gasteiger partial charge is 0.0351 e. The molecule has 1 aliphatic rings. The van der Waals surface area contributed by atoms with Crippen LogP contribution in [0.25, 0.3) is 0 Å². The minimum atomic E-state index is 1.06. The van der Waals surface area contributed by atoms with E-state index < -0.39 is 0 Å². The lowest BCUT2D eigenvalue weighted by atomic mass is 10.2. The van der Waals surface area contributed by atoms with E-state index in [0.29, 0.717) is 0 Å². The van der Waals surface area contributed by atoms with Crippen molar-refractivity contribution < 1.29 is 0 Å². The summed E-state index contributed by atoms with van der Waals surface area (Å²) in [6.07, 6.45) is 2.51. The first-order chi connectivity index (χ1) is 8.84. The Kier molecular flexibility index (Phi) is 5.97. The normalized spacial score (nSPS) is 16.7. The Morgan fingerprint density at radius 3 is 2.83 bits per heavy atom. The number of unbranched alkanes of at least 4 members (excludes halogenated alkanes) is 1. The van der Waals surface area contributed by atoms with Gasteiger partial charge >= 0.3 is 0 Å². The summed E-state index contributed by atoms with van der Waals surface area (Å²) in [6, 6.07) is 8.35. The highest BCUT2D eigenvalue weighted by Gasteiger charge is 2.07. The largest absolute Gasteiger partial charge is 0.385 e. The molecule has 2 rings (SSSR count). The van der Waals surface area contributed by atoms with Gasteiger partial charge in [0.15, 0.2) is 0 Å². The minimum Gasteiger partial charge on any atom is -0.385 e. The third-order valence-corrected chi connectivity index (χ3v) is 3.76. The molecule has 0 aromatic heterocycles. The van der Waals surface area contributed by atoms with Crippen molar-refractivity contribution in [3.63, 3.8) is 0 Å². The highest BCUT2D eigenvalue weighted by molar-refractivity contribution is 9.10. The maximum absolute atomic E-state index is 3.48. The Morgan fingerprint density at radius 2 is 2.06 bits per heavy atom. The van der Waals surface area contributed by atoms with E-state index >= 15 is 0 Å². The topological polar surface area (TPSA) is 27.3 Å². The van der Waals surface area contributed by atoms with Gasteiger partial charge < -0.3 is 15.5 Å². The van der Waals surface area contributed by atoms with Gasteiger partial charge in [0, 0.05) is 42.9 Å². The molecule has 100 valence electrons. The summed E-state index contributed by atoms with van der Waals surface area (Å²) in [5, 5.41) is 6.85. The molecule has 1 fully saturated rings. The Balaban J connectivity index is 1.55. The summed E-state index contributed by atoms with van der Waals surface area (Å²) in [4.78, 5) is 2.55. The van der Waals surface area contributed by atoms with Crippen LogP contribution >= 0.6 is 15.9 Å². The molecule has 0 aliphatic carbocycles. The van der Waals surface area contributed by atoms with Crippen molar-refractivity contribution in [3.05, 3.63) is 28.7 Å². The van der Waals surface area contributed by atoms with Gasteiger partial charge in [0.1, 0.15) is 0 Å². The van der Waals surface area contributed by atoms with Crippen molar-refractivity contribution in [3.8, 4) is 0 Å². The van der Waals surface area contributed by atoms with E-state index in [1.807, 2.05) is 0 Å². The third kappa shape index (κ3) is 4.96. The quantitative estimate of drug-likeness (QED) is 0.791. The van der Waals surface area contributed by atoms with Crippen LogP contribution in [0.3, 0.4) is 0 Å². The van der Waals surface area contributed by atoms with Gasteiger partial charge in [-0.1, -0.05) is 22.0 Å². The Morgan fingerprint density at radius 1 is 1.22 bits per heavy atom. The molecule has 1 aromatic carbocycles. The number of hydrogen-bond acceptors (Lipinski definition) is 3. The molecule has 3 nitrogen and oxygen atoms in total. The van der Waals surface area contributed by atoms with E-state index in [-0.39, 0.29) is 0 Å². The SMILES string of the molecule is Brc1cccc(NCCCCN2CCNCC2)c1. The zero-order chi connectivity index (χ0) is 12.6. The number of nitrogens with one attached hydrogen (secondary N) is 2. The molecular weight excluding hydrogens is 290 g/mol. The predicted molar refractivity (Wildman–Crippen MR) is 81.2 cm³/mol. The van der Waals surface area contributed by atoms with E-state index in [0.717, 1.165) is 24.1 Å². The molecule has 1 aliphatic heterocycles. The number of rotatable bonds is 6. The van der Waals surface area contributed by atoms with E-state index in [1.54, 1.807) is 0 Å². The van der Waals surface area contributed by atoms with E-state index in [2.05, 4.69) is 55.7 Å². The van der Waals surface area contributed by atoms with Gasteiger partial charge in [0.25, 0.3) is 0 Å². The zero-order valence-corrected chi connectivity index (χ0v) is 12.4. The van der Waals surface area contributed by atoms with Crippen molar-refractivity contribution in [2.75, 3.05) is 44.6 Å². The zero-order valence-electron chi connectivity index (χ0n) is 10.8. The molecule has 1 aromatic rings. The molecule has 0 unspecified atom stereocenters. The highest BCUT2D eigenvalue weighted by atomic mass is 79.9. The second kappa shape index (κ2) is 7.77. The first kappa shape index (κ1) is 13.8. The van der Waals surface area contributed by atoms with Crippen LogP contribution in [0.2, 0.25) is 0 Å². The molecule has 0 bridgehead atoms. The summed E-state index contributed by atoms with van der Waals surface area (Å²) >= 11 is 3.48. The molecule has 18 heavy (non-hydrogen) atoms. The van der Waals surface area contributed by atoms with Gasteiger partial charge in [-0.15, -0.1) is 0 Å². The summed E-state index contributed by atoms with van der Waals surface area (Å²) in [6.45, 7) is 7.01. The number of piperazine rings is 1. The van der Waals surface area contributed by atoms with Crippen LogP contribution in [0.5, 0.6) is 0 Å². The molecule has 0 atom stereocenters. The molecule has 1 saturated heterocycles. The van der Waals surface area contributed by atoms with E-state index in [4.69, 9.17) is 0 Å². The van der Waals surface area contributed by atoms with Gasteiger partial charge in [-0.3, -0.25) is 0 Å². The van der Waals surface area contributed by atoms with Gasteiger partial charge in [-0.25, -0.2) is 0 Å². The highest BCUT2D eigenvalue weighted by Crippen LogP contribution is 2.15. The Hall–Kier alpha value is -0.580. The molecule has 2 N–H and O–H groups in total. The van der Waals surface area contributed by atoms with Crippen LogP contribution in [0, 0.1) is 0 Å². The van der Waals surface area contributed by atoms with Crippen molar-refractivity contribution >= 4 is 21.6 Å². The van der Waals surface area contributed by atoms with E-state index in [1.165, 1.54) is 38.2 Å². The Labute approximate surface area is 118 Å². The van der Waals surface area contributed by atoms with Crippen molar-refractivity contribution in [2.24, 2.45) is 0 Å². The number of benzene rings is 1. The molecule has 0 radical (unpaired) electrons. The van der Waals surface area contributed by atoms with E-state index in [9.17, 15) is 0 Å². The van der Waals surface area contributed by atoms with Crippen molar-refractivity contribution in [1.29, 1.82) is 0 Å². The lowest BCUT2D eigenvalue weighted by Crippen LogP contribution is -2.43. The van der Waals surface area contributed by atoms with Crippen LogP contribution < -0.4 is 10.6 Å². The maximum Gasteiger partial charge on any atom is 0.0351 e. The van der Waals surface area contributed by atoms with Crippen LogP contribution in [0.15, 0.2) is 28.7 Å². The van der Waals surface area contributed by atoms with Crippen molar-refractivity contribution in [1.82, 2.24) is 10.2 Å². The summed E-state index contributed by atoms with van der Waals surface area (Å²) < 4.78 is 1.13. The van der Waals surface area contributed by atoms with Gasteiger partial charge in [0.05, 0.1) is 0 Å². The number of anilines is 1. The maximum atomic E-state index is 3.48. The fourth-order valence-corrected chi connectivity index (χ4v) is 2.63. The summed E-state index contributed by atoms with van der Waals surface area (Å²) in [5.74, 6) is 0. The average Bonchev–Trinajstić information content (AvgIpc) is 2.40. The fourth-order valence-electron chi connectivity index (χ4n) is 2.23. The van der Waals surface area contributed by atoms with Crippen molar-refractivity contribution in [2.45, 2.75) is 12.8 Å². The second-order valence-corrected chi connectivity index (χ2v) is 5.65.